The molecule has 0 N–H and O–H groups in total. The molecule has 1 aliphatic heterocycles. The highest BCUT2D eigenvalue weighted by Gasteiger charge is 2.24. The van der Waals surface area contributed by atoms with Crippen LogP contribution in [0.1, 0.15) is 18.1 Å². The van der Waals surface area contributed by atoms with Gasteiger partial charge in [0.05, 0.1) is 18.7 Å². The Hall–Kier alpha value is -3.97. The molecule has 4 rings (SSSR count). The van der Waals surface area contributed by atoms with E-state index < -0.39 is 5.97 Å². The number of methoxy groups -OCH3 is 1. The maximum Gasteiger partial charge on any atom is 0.363 e. The van der Waals surface area contributed by atoms with Crippen LogP contribution in [0.2, 0.25) is 5.02 Å². The van der Waals surface area contributed by atoms with Gasteiger partial charge >= 0.3 is 5.97 Å². The second kappa shape index (κ2) is 11.4. The number of benzene rings is 3. The molecule has 0 amide bonds. The molecule has 0 saturated carbocycles. The Labute approximate surface area is 208 Å². The third kappa shape index (κ3) is 5.94. The number of carbonyl (C=O) groups is 1. The summed E-state index contributed by atoms with van der Waals surface area (Å²) in [5, 5.41) is 0.332. The van der Waals surface area contributed by atoms with Gasteiger partial charge in [0.15, 0.2) is 28.7 Å². The Morgan fingerprint density at radius 3 is 2.37 bits per heavy atom. The summed E-state index contributed by atoms with van der Waals surface area (Å²) in [6.45, 7) is 2.77. The van der Waals surface area contributed by atoms with Gasteiger partial charge in [0.2, 0.25) is 5.90 Å². The molecule has 7 nitrogen and oxygen atoms in total. The van der Waals surface area contributed by atoms with Crippen LogP contribution in [0.4, 0.5) is 0 Å². The molecule has 0 aliphatic carbocycles. The summed E-state index contributed by atoms with van der Waals surface area (Å²) in [5.74, 6) is 1.82. The van der Waals surface area contributed by atoms with Gasteiger partial charge in [-0.1, -0.05) is 41.9 Å². The van der Waals surface area contributed by atoms with E-state index in [9.17, 15) is 4.79 Å². The van der Waals surface area contributed by atoms with E-state index in [0.29, 0.717) is 40.2 Å². The number of halogens is 1. The molecule has 0 aromatic heterocycles. The maximum atomic E-state index is 12.3. The van der Waals surface area contributed by atoms with Crippen LogP contribution < -0.4 is 18.9 Å². The molecule has 0 atom stereocenters. The number of aliphatic imine (C=N–C) groups is 1. The number of rotatable bonds is 10. The smallest absolute Gasteiger partial charge is 0.363 e. The molecule has 180 valence electrons. The monoisotopic (exact) mass is 493 g/mol. The Balaban J connectivity index is 1.49. The van der Waals surface area contributed by atoms with Crippen molar-refractivity contribution < 1.29 is 28.5 Å². The number of cyclic esters (lactones) is 1. The average Bonchev–Trinajstić information content (AvgIpc) is 3.24. The molecule has 3 aromatic carbocycles. The van der Waals surface area contributed by atoms with Crippen molar-refractivity contribution in [3.05, 3.63) is 88.6 Å². The van der Waals surface area contributed by atoms with Crippen LogP contribution in [-0.2, 0) is 9.53 Å². The molecule has 0 bridgehead atoms. The first-order valence-corrected chi connectivity index (χ1v) is 11.4. The molecule has 0 fully saturated rings. The second-order valence-corrected chi connectivity index (χ2v) is 7.72. The number of carbonyl (C=O) groups excluding carboxylic acids is 1. The lowest BCUT2D eigenvalue weighted by Crippen LogP contribution is -2.10. The first-order chi connectivity index (χ1) is 17.1. The van der Waals surface area contributed by atoms with Crippen LogP contribution in [0.3, 0.4) is 0 Å². The SMILES string of the molecule is CCOc1cc(C=C2N=C(c3ccccc3)OC2=O)cc(Cl)c1OCCOc1ccccc1OC. The minimum absolute atomic E-state index is 0.168. The van der Waals surface area contributed by atoms with Gasteiger partial charge < -0.3 is 23.7 Å². The minimum atomic E-state index is -0.535. The van der Waals surface area contributed by atoms with Gasteiger partial charge in [0.25, 0.3) is 0 Å². The van der Waals surface area contributed by atoms with Crippen LogP contribution in [0.15, 0.2) is 77.4 Å². The van der Waals surface area contributed by atoms with Crippen molar-refractivity contribution in [2.45, 2.75) is 6.92 Å². The Bertz CT molecular complexity index is 1260. The predicted molar refractivity (Wildman–Crippen MR) is 134 cm³/mol. The normalized spacial score (nSPS) is 13.9. The molecule has 3 aromatic rings. The highest BCUT2D eigenvalue weighted by atomic mass is 35.5. The summed E-state index contributed by atoms with van der Waals surface area (Å²) in [7, 11) is 1.59. The summed E-state index contributed by atoms with van der Waals surface area (Å²) >= 11 is 6.51. The number of hydrogen-bond acceptors (Lipinski definition) is 7. The topological polar surface area (TPSA) is 75.6 Å². The highest BCUT2D eigenvalue weighted by molar-refractivity contribution is 6.32. The zero-order chi connectivity index (χ0) is 24.6. The first kappa shape index (κ1) is 24.2. The van der Waals surface area contributed by atoms with Gasteiger partial charge in [0.1, 0.15) is 13.2 Å². The van der Waals surface area contributed by atoms with Gasteiger partial charge in [-0.15, -0.1) is 0 Å². The highest BCUT2D eigenvalue weighted by Crippen LogP contribution is 2.38. The van der Waals surface area contributed by atoms with Crippen molar-refractivity contribution in [3.63, 3.8) is 0 Å². The Morgan fingerprint density at radius 1 is 0.914 bits per heavy atom. The molecule has 8 heteroatoms. The lowest BCUT2D eigenvalue weighted by molar-refractivity contribution is -0.129. The number of para-hydroxylation sites is 2. The third-order valence-electron chi connectivity index (χ3n) is 4.93. The van der Waals surface area contributed by atoms with Crippen LogP contribution in [0.5, 0.6) is 23.0 Å². The van der Waals surface area contributed by atoms with E-state index in [4.69, 9.17) is 35.3 Å². The zero-order valence-electron chi connectivity index (χ0n) is 19.3. The quantitative estimate of drug-likeness (QED) is 0.209. The van der Waals surface area contributed by atoms with Crippen molar-refractivity contribution in [1.82, 2.24) is 0 Å². The first-order valence-electron chi connectivity index (χ1n) is 11.0. The predicted octanol–water partition coefficient (Wildman–Crippen LogP) is 5.55. The summed E-state index contributed by atoms with van der Waals surface area (Å²) in [5.41, 5.74) is 1.51. The van der Waals surface area contributed by atoms with E-state index in [1.54, 1.807) is 25.3 Å². The van der Waals surface area contributed by atoms with Crippen molar-refractivity contribution >= 4 is 29.5 Å². The van der Waals surface area contributed by atoms with E-state index in [1.165, 1.54) is 0 Å². The number of hydrogen-bond donors (Lipinski definition) is 0. The Morgan fingerprint density at radius 2 is 1.63 bits per heavy atom. The Kier molecular flexibility index (Phi) is 7.90. The molecule has 0 saturated heterocycles. The standard InChI is InChI=1S/C27H24ClNO6/c1-3-32-24-17-18(16-21-27(30)35-26(29-21)19-9-5-4-6-10-19)15-20(28)25(24)34-14-13-33-23-12-8-7-11-22(23)31-2/h4-12,15-17H,3,13-14H2,1-2H3. The van der Waals surface area contributed by atoms with Gasteiger partial charge in [-0.2, -0.15) is 0 Å². The van der Waals surface area contributed by atoms with Gasteiger partial charge in [-0.05, 0) is 55.0 Å². The largest absolute Gasteiger partial charge is 0.493 e. The summed E-state index contributed by atoms with van der Waals surface area (Å²) in [6.07, 6.45) is 1.60. The second-order valence-electron chi connectivity index (χ2n) is 7.31. The van der Waals surface area contributed by atoms with Gasteiger partial charge in [-0.25, -0.2) is 9.79 Å². The number of esters is 1. The van der Waals surface area contributed by atoms with Crippen molar-refractivity contribution in [2.24, 2.45) is 4.99 Å². The molecule has 35 heavy (non-hydrogen) atoms. The molecular formula is C27H24ClNO6. The van der Waals surface area contributed by atoms with Crippen LogP contribution in [0.25, 0.3) is 6.08 Å². The number of ether oxygens (including phenoxy) is 5. The maximum absolute atomic E-state index is 12.3. The van der Waals surface area contributed by atoms with Crippen LogP contribution in [-0.4, -0.2) is 38.8 Å². The van der Waals surface area contributed by atoms with Crippen LogP contribution >= 0.6 is 11.6 Å². The van der Waals surface area contributed by atoms with Crippen molar-refractivity contribution in [1.29, 1.82) is 0 Å². The molecule has 1 heterocycles. The lowest BCUT2D eigenvalue weighted by atomic mass is 10.1. The zero-order valence-corrected chi connectivity index (χ0v) is 20.1. The average molecular weight is 494 g/mol. The summed E-state index contributed by atoms with van der Waals surface area (Å²) < 4.78 is 28.0. The molecular weight excluding hydrogens is 470 g/mol. The van der Waals surface area contributed by atoms with Crippen molar-refractivity contribution in [2.75, 3.05) is 26.9 Å². The molecule has 0 spiro atoms. The van der Waals surface area contributed by atoms with E-state index in [0.717, 1.165) is 5.56 Å². The van der Waals surface area contributed by atoms with Crippen molar-refractivity contribution in [3.8, 4) is 23.0 Å². The lowest BCUT2D eigenvalue weighted by Gasteiger charge is -2.15. The van der Waals surface area contributed by atoms with E-state index >= 15 is 0 Å². The molecule has 0 unspecified atom stereocenters. The third-order valence-corrected chi connectivity index (χ3v) is 5.21. The summed E-state index contributed by atoms with van der Waals surface area (Å²) in [4.78, 5) is 16.7. The van der Waals surface area contributed by atoms with Gasteiger partial charge in [0, 0.05) is 5.56 Å². The van der Waals surface area contributed by atoms with E-state index in [2.05, 4.69) is 4.99 Å². The van der Waals surface area contributed by atoms with E-state index in [-0.39, 0.29) is 24.8 Å². The summed E-state index contributed by atoms with van der Waals surface area (Å²) in [6, 6.07) is 20.0. The fourth-order valence-electron chi connectivity index (χ4n) is 3.38. The van der Waals surface area contributed by atoms with E-state index in [1.807, 2.05) is 61.5 Å². The minimum Gasteiger partial charge on any atom is -0.493 e. The molecule has 0 radical (unpaired) electrons. The number of nitrogens with zero attached hydrogens (tertiary/aromatic N) is 1. The van der Waals surface area contributed by atoms with Crippen LogP contribution in [0, 0.1) is 0 Å². The fraction of sp³-hybridized carbons (Fsp3) is 0.185. The molecule has 1 aliphatic rings. The fourth-order valence-corrected chi connectivity index (χ4v) is 3.65. The van der Waals surface area contributed by atoms with Gasteiger partial charge in [-0.3, -0.25) is 0 Å².